The van der Waals surface area contributed by atoms with Crippen molar-refractivity contribution < 1.29 is 9.13 Å². The van der Waals surface area contributed by atoms with Crippen LogP contribution in [0.2, 0.25) is 0 Å². The molecule has 0 aromatic heterocycles. The molecule has 4 nitrogen and oxygen atoms in total. The maximum Gasteiger partial charge on any atom is 0.191 e. The van der Waals surface area contributed by atoms with Crippen molar-refractivity contribution in [2.75, 3.05) is 32.2 Å². The molecule has 0 aliphatic heterocycles. The molecule has 0 fully saturated rings. The summed E-state index contributed by atoms with van der Waals surface area (Å²) in [5, 5.41) is 6.44. The van der Waals surface area contributed by atoms with Gasteiger partial charge in [0, 0.05) is 20.1 Å². The molecule has 0 heterocycles. The fourth-order valence-corrected chi connectivity index (χ4v) is 2.40. The first-order valence-corrected chi connectivity index (χ1v) is 8.95. The summed E-state index contributed by atoms with van der Waals surface area (Å²) in [6.45, 7) is 3.71. The number of hydrogen-bond acceptors (Lipinski definition) is 3. The van der Waals surface area contributed by atoms with Gasteiger partial charge in [-0.3, -0.25) is 4.99 Å². The predicted molar refractivity (Wildman–Crippen MR) is 93.4 cm³/mol. The van der Waals surface area contributed by atoms with Gasteiger partial charge in [0.15, 0.2) is 17.5 Å². The third kappa shape index (κ3) is 7.02. The van der Waals surface area contributed by atoms with E-state index >= 15 is 0 Å². The minimum atomic E-state index is -0.332. The van der Waals surface area contributed by atoms with E-state index in [0.29, 0.717) is 18.9 Å². The molecule has 0 unspecified atom stereocenters. The minimum Gasteiger partial charge on any atom is -0.491 e. The number of nitrogens with one attached hydrogen (secondary N) is 2. The highest BCUT2D eigenvalue weighted by atomic mass is 32.2. The van der Waals surface area contributed by atoms with Crippen LogP contribution in [-0.2, 0) is 6.54 Å². The number of ether oxygens (including phenoxy) is 1. The molecule has 1 aromatic rings. The summed E-state index contributed by atoms with van der Waals surface area (Å²) >= 11 is 1.86. The van der Waals surface area contributed by atoms with Crippen LogP contribution in [0, 0.1) is 5.82 Å². The van der Waals surface area contributed by atoms with Gasteiger partial charge < -0.3 is 15.4 Å². The van der Waals surface area contributed by atoms with E-state index in [1.54, 1.807) is 13.1 Å². The molecule has 6 heteroatoms. The lowest BCUT2D eigenvalue weighted by Crippen LogP contribution is -2.37. The van der Waals surface area contributed by atoms with Crippen LogP contribution < -0.4 is 15.4 Å². The van der Waals surface area contributed by atoms with E-state index in [4.69, 9.17) is 4.74 Å². The Labute approximate surface area is 136 Å². The first-order chi connectivity index (χ1) is 10.7. The van der Waals surface area contributed by atoms with Gasteiger partial charge in [0.2, 0.25) is 0 Å². The SMILES string of the molecule is CCOc1ccc(CNC(=NC)NCCCCSC)cc1F. The molecule has 22 heavy (non-hydrogen) atoms. The molecule has 0 aliphatic rings. The molecule has 2 N–H and O–H groups in total. The lowest BCUT2D eigenvalue weighted by Gasteiger charge is -2.12. The van der Waals surface area contributed by atoms with Gasteiger partial charge >= 0.3 is 0 Å². The summed E-state index contributed by atoms with van der Waals surface area (Å²) in [5.41, 5.74) is 0.853. The maximum atomic E-state index is 13.8. The number of unbranched alkanes of at least 4 members (excludes halogenated alkanes) is 1. The number of rotatable bonds is 9. The summed E-state index contributed by atoms with van der Waals surface area (Å²) < 4.78 is 19.0. The third-order valence-corrected chi connectivity index (χ3v) is 3.74. The molecule has 0 atom stereocenters. The maximum absolute atomic E-state index is 13.8. The molecule has 0 bridgehead atoms. The summed E-state index contributed by atoms with van der Waals surface area (Å²) in [5.74, 6) is 1.88. The van der Waals surface area contributed by atoms with Gasteiger partial charge in [0.05, 0.1) is 6.61 Å². The smallest absolute Gasteiger partial charge is 0.191 e. The lowest BCUT2D eigenvalue weighted by atomic mass is 10.2. The lowest BCUT2D eigenvalue weighted by molar-refractivity contribution is 0.321. The van der Waals surface area contributed by atoms with Crippen LogP contribution in [0.25, 0.3) is 0 Å². The predicted octanol–water partition coefficient (Wildman–Crippen LogP) is 3.03. The fourth-order valence-electron chi connectivity index (χ4n) is 1.91. The largest absolute Gasteiger partial charge is 0.491 e. The Kier molecular flexibility index (Phi) is 9.46. The first-order valence-electron chi connectivity index (χ1n) is 7.56. The van der Waals surface area contributed by atoms with Crippen LogP contribution in [0.3, 0.4) is 0 Å². The van der Waals surface area contributed by atoms with Crippen molar-refractivity contribution in [3.63, 3.8) is 0 Å². The fraction of sp³-hybridized carbons (Fsp3) is 0.562. The molecular weight excluding hydrogens is 301 g/mol. The van der Waals surface area contributed by atoms with Gasteiger partial charge in [0.1, 0.15) is 0 Å². The highest BCUT2D eigenvalue weighted by Gasteiger charge is 2.05. The van der Waals surface area contributed by atoms with Crippen molar-refractivity contribution in [1.29, 1.82) is 0 Å². The summed E-state index contributed by atoms with van der Waals surface area (Å²) in [6.07, 6.45) is 4.42. The molecular formula is C16H26FN3OS. The van der Waals surface area contributed by atoms with Crippen molar-refractivity contribution in [3.05, 3.63) is 29.6 Å². The summed E-state index contributed by atoms with van der Waals surface area (Å²) in [4.78, 5) is 4.16. The van der Waals surface area contributed by atoms with Crippen LogP contribution in [-0.4, -0.2) is 38.2 Å². The zero-order valence-electron chi connectivity index (χ0n) is 13.6. The normalized spacial score (nSPS) is 11.4. The van der Waals surface area contributed by atoms with Crippen LogP contribution in [0.5, 0.6) is 5.75 Å². The van der Waals surface area contributed by atoms with Gasteiger partial charge in [-0.05, 0) is 49.5 Å². The molecule has 0 aliphatic carbocycles. The van der Waals surface area contributed by atoms with E-state index in [2.05, 4.69) is 21.9 Å². The number of guanidine groups is 1. The number of hydrogen-bond donors (Lipinski definition) is 2. The Bertz CT molecular complexity index is 469. The average molecular weight is 327 g/mol. The minimum absolute atomic E-state index is 0.294. The van der Waals surface area contributed by atoms with E-state index in [9.17, 15) is 4.39 Å². The molecule has 0 saturated heterocycles. The third-order valence-electron chi connectivity index (χ3n) is 3.05. The van der Waals surface area contributed by atoms with Crippen LogP contribution in [0.1, 0.15) is 25.3 Å². The number of benzene rings is 1. The van der Waals surface area contributed by atoms with Crippen molar-refractivity contribution in [2.24, 2.45) is 4.99 Å². The molecule has 0 saturated carbocycles. The highest BCUT2D eigenvalue weighted by Crippen LogP contribution is 2.18. The highest BCUT2D eigenvalue weighted by molar-refractivity contribution is 7.98. The molecule has 1 aromatic carbocycles. The molecule has 1 rings (SSSR count). The second kappa shape index (κ2) is 11.2. The number of halogens is 1. The molecule has 124 valence electrons. The molecule has 0 amide bonds. The second-order valence-electron chi connectivity index (χ2n) is 4.75. The van der Waals surface area contributed by atoms with Gasteiger partial charge in [0.25, 0.3) is 0 Å². The monoisotopic (exact) mass is 327 g/mol. The second-order valence-corrected chi connectivity index (χ2v) is 5.74. The zero-order valence-corrected chi connectivity index (χ0v) is 14.4. The van der Waals surface area contributed by atoms with Crippen molar-refractivity contribution in [3.8, 4) is 5.75 Å². The molecule has 0 radical (unpaired) electrons. The van der Waals surface area contributed by atoms with Crippen LogP contribution in [0.4, 0.5) is 4.39 Å². The van der Waals surface area contributed by atoms with E-state index in [1.807, 2.05) is 24.8 Å². The topological polar surface area (TPSA) is 45.6 Å². The first kappa shape index (κ1) is 18.6. The Morgan fingerprint density at radius 3 is 2.77 bits per heavy atom. The number of aliphatic imine (C=N–C) groups is 1. The molecule has 0 spiro atoms. The van der Waals surface area contributed by atoms with Gasteiger partial charge in [-0.2, -0.15) is 11.8 Å². The summed E-state index contributed by atoms with van der Waals surface area (Å²) in [7, 11) is 1.73. The average Bonchev–Trinajstić information content (AvgIpc) is 2.52. The van der Waals surface area contributed by atoms with Gasteiger partial charge in [-0.15, -0.1) is 0 Å². The van der Waals surface area contributed by atoms with Crippen LogP contribution >= 0.6 is 11.8 Å². The zero-order chi connectivity index (χ0) is 16.2. The van der Waals surface area contributed by atoms with Crippen molar-refractivity contribution in [1.82, 2.24) is 10.6 Å². The Balaban J connectivity index is 2.38. The van der Waals surface area contributed by atoms with E-state index in [0.717, 1.165) is 24.5 Å². The summed E-state index contributed by atoms with van der Waals surface area (Å²) in [6, 6.07) is 5.00. The van der Waals surface area contributed by atoms with E-state index in [-0.39, 0.29) is 5.82 Å². The van der Waals surface area contributed by atoms with Crippen molar-refractivity contribution >= 4 is 17.7 Å². The van der Waals surface area contributed by atoms with Crippen LogP contribution in [0.15, 0.2) is 23.2 Å². The standard InChI is InChI=1S/C16H26FN3OS/c1-4-21-15-8-7-13(11-14(15)17)12-20-16(18-2)19-9-5-6-10-22-3/h7-8,11H,4-6,9-10,12H2,1-3H3,(H2,18,19,20). The Morgan fingerprint density at radius 2 is 2.14 bits per heavy atom. The Morgan fingerprint density at radius 1 is 1.32 bits per heavy atom. The quantitative estimate of drug-likeness (QED) is 0.416. The van der Waals surface area contributed by atoms with E-state index in [1.165, 1.54) is 18.2 Å². The Hall–Kier alpha value is -1.43. The van der Waals surface area contributed by atoms with E-state index < -0.39 is 0 Å². The number of thioether (sulfide) groups is 1. The number of nitrogens with zero attached hydrogens (tertiary/aromatic N) is 1. The van der Waals surface area contributed by atoms with Crippen molar-refractivity contribution in [2.45, 2.75) is 26.3 Å². The van der Waals surface area contributed by atoms with Gasteiger partial charge in [-0.25, -0.2) is 4.39 Å². The van der Waals surface area contributed by atoms with Gasteiger partial charge in [-0.1, -0.05) is 6.07 Å².